The third-order valence-electron chi connectivity index (χ3n) is 2.37. The van der Waals surface area contributed by atoms with E-state index in [1.54, 1.807) is 24.4 Å². The molecule has 0 aliphatic rings. The summed E-state index contributed by atoms with van der Waals surface area (Å²) in [6, 6.07) is 7.18. The van der Waals surface area contributed by atoms with E-state index in [-0.39, 0.29) is 6.04 Å². The summed E-state index contributed by atoms with van der Waals surface area (Å²) in [5, 5.41) is 1.14. The van der Waals surface area contributed by atoms with Crippen LogP contribution in [0.15, 0.2) is 30.5 Å². The highest BCUT2D eigenvalue weighted by Crippen LogP contribution is 2.24. The number of halogens is 2. The molecule has 0 amide bonds. The van der Waals surface area contributed by atoms with Gasteiger partial charge in [-0.3, -0.25) is 0 Å². The minimum absolute atomic E-state index is 0.0655. The van der Waals surface area contributed by atoms with Crippen LogP contribution in [0, 0.1) is 0 Å². The molecule has 1 aromatic heterocycles. The summed E-state index contributed by atoms with van der Waals surface area (Å²) in [5.74, 6) is 0.609. The van der Waals surface area contributed by atoms with Gasteiger partial charge in [-0.2, -0.15) is 0 Å². The summed E-state index contributed by atoms with van der Waals surface area (Å²) >= 11 is 11.9. The smallest absolute Gasteiger partial charge is 0.159 e. The predicted molar refractivity (Wildman–Crippen MR) is 74.8 cm³/mol. The molecule has 1 atom stereocenters. The van der Waals surface area contributed by atoms with Crippen LogP contribution in [-0.4, -0.2) is 16.0 Å². The molecule has 0 aliphatic heterocycles. The van der Waals surface area contributed by atoms with Crippen molar-refractivity contribution in [2.45, 2.75) is 19.4 Å². The molecule has 0 saturated heterocycles. The van der Waals surface area contributed by atoms with E-state index in [9.17, 15) is 0 Å². The van der Waals surface area contributed by atoms with Crippen LogP contribution in [0.3, 0.4) is 0 Å². The number of hydrogen-bond donors (Lipinski definition) is 1. The average Bonchev–Trinajstić information content (AvgIpc) is 2.27. The number of hydrogen-bond acceptors (Lipinski definition) is 3. The summed E-state index contributed by atoms with van der Waals surface area (Å²) in [4.78, 5) is 8.69. The molecule has 94 valence electrons. The van der Waals surface area contributed by atoms with Crippen LogP contribution >= 0.6 is 23.2 Å². The summed E-state index contributed by atoms with van der Waals surface area (Å²) in [6.45, 7) is 1.94. The Balaban J connectivity index is 2.38. The lowest BCUT2D eigenvalue weighted by molar-refractivity contribution is 0.720. The van der Waals surface area contributed by atoms with E-state index in [2.05, 4.69) is 9.97 Å². The zero-order chi connectivity index (χ0) is 13.1. The van der Waals surface area contributed by atoms with Gasteiger partial charge in [-0.05, 0) is 31.2 Å². The Kier molecular flexibility index (Phi) is 4.17. The van der Waals surface area contributed by atoms with Gasteiger partial charge in [0.2, 0.25) is 0 Å². The van der Waals surface area contributed by atoms with Crippen molar-refractivity contribution in [3.05, 3.63) is 46.2 Å². The Labute approximate surface area is 116 Å². The van der Waals surface area contributed by atoms with E-state index in [1.807, 2.05) is 13.0 Å². The first kappa shape index (κ1) is 13.3. The lowest BCUT2D eigenvalue weighted by Gasteiger charge is -2.06. The molecule has 0 aliphatic carbocycles. The molecule has 0 bridgehead atoms. The first-order valence-corrected chi connectivity index (χ1v) is 6.34. The van der Waals surface area contributed by atoms with Crippen LogP contribution in [0.5, 0.6) is 0 Å². The van der Waals surface area contributed by atoms with E-state index in [0.717, 1.165) is 11.3 Å². The number of aromatic nitrogens is 2. The number of rotatable bonds is 3. The fourth-order valence-electron chi connectivity index (χ4n) is 1.66. The molecule has 2 rings (SSSR count). The Morgan fingerprint density at radius 2 is 1.89 bits per heavy atom. The van der Waals surface area contributed by atoms with Gasteiger partial charge in [0.25, 0.3) is 0 Å². The van der Waals surface area contributed by atoms with Gasteiger partial charge in [-0.15, -0.1) is 0 Å². The highest BCUT2D eigenvalue weighted by molar-refractivity contribution is 6.35. The van der Waals surface area contributed by atoms with Gasteiger partial charge in [0.15, 0.2) is 5.82 Å². The van der Waals surface area contributed by atoms with E-state index in [1.165, 1.54) is 0 Å². The van der Waals surface area contributed by atoms with Gasteiger partial charge in [-0.1, -0.05) is 23.2 Å². The van der Waals surface area contributed by atoms with Crippen LogP contribution in [0.1, 0.15) is 12.6 Å². The Morgan fingerprint density at radius 3 is 2.50 bits per heavy atom. The third kappa shape index (κ3) is 3.42. The first-order valence-electron chi connectivity index (χ1n) is 5.58. The van der Waals surface area contributed by atoms with Crippen molar-refractivity contribution in [3.63, 3.8) is 0 Å². The second-order valence-electron chi connectivity index (χ2n) is 4.21. The Bertz CT molecular complexity index is 535. The van der Waals surface area contributed by atoms with E-state index in [0.29, 0.717) is 22.3 Å². The second kappa shape index (κ2) is 5.65. The maximum atomic E-state index is 5.96. The Morgan fingerprint density at radius 1 is 1.22 bits per heavy atom. The SMILES string of the molecule is CC(N)Cc1ccnc(-c2cc(Cl)cc(Cl)c2)n1. The molecule has 1 heterocycles. The van der Waals surface area contributed by atoms with Crippen molar-refractivity contribution in [2.24, 2.45) is 5.73 Å². The van der Waals surface area contributed by atoms with E-state index in [4.69, 9.17) is 28.9 Å². The molecule has 0 saturated carbocycles. The molecule has 1 unspecified atom stereocenters. The monoisotopic (exact) mass is 281 g/mol. The van der Waals surface area contributed by atoms with Crippen molar-refractivity contribution in [1.82, 2.24) is 9.97 Å². The fraction of sp³-hybridized carbons (Fsp3) is 0.231. The summed E-state index contributed by atoms with van der Waals surface area (Å²) in [5.41, 5.74) is 7.47. The summed E-state index contributed by atoms with van der Waals surface area (Å²) in [7, 11) is 0. The lowest BCUT2D eigenvalue weighted by Crippen LogP contribution is -2.18. The van der Waals surface area contributed by atoms with Crippen LogP contribution in [0.4, 0.5) is 0 Å². The minimum atomic E-state index is 0.0655. The van der Waals surface area contributed by atoms with Crippen LogP contribution in [0.25, 0.3) is 11.4 Å². The quantitative estimate of drug-likeness (QED) is 0.939. The predicted octanol–water partition coefficient (Wildman–Crippen LogP) is 3.34. The maximum Gasteiger partial charge on any atom is 0.159 e. The van der Waals surface area contributed by atoms with Crippen LogP contribution in [0.2, 0.25) is 10.0 Å². The molecule has 0 fully saturated rings. The van der Waals surface area contributed by atoms with Gasteiger partial charge < -0.3 is 5.73 Å². The second-order valence-corrected chi connectivity index (χ2v) is 5.08. The summed E-state index contributed by atoms with van der Waals surface area (Å²) < 4.78 is 0. The molecule has 0 radical (unpaired) electrons. The zero-order valence-electron chi connectivity index (χ0n) is 9.90. The molecule has 2 aromatic rings. The molecule has 0 spiro atoms. The normalized spacial score (nSPS) is 12.4. The molecule has 18 heavy (non-hydrogen) atoms. The minimum Gasteiger partial charge on any atom is -0.328 e. The molecule has 1 aromatic carbocycles. The lowest BCUT2D eigenvalue weighted by atomic mass is 10.1. The summed E-state index contributed by atoms with van der Waals surface area (Å²) in [6.07, 6.45) is 2.43. The van der Waals surface area contributed by atoms with E-state index >= 15 is 0 Å². The van der Waals surface area contributed by atoms with Gasteiger partial charge in [-0.25, -0.2) is 9.97 Å². The van der Waals surface area contributed by atoms with Gasteiger partial charge in [0, 0.05) is 40.0 Å². The number of nitrogens with two attached hydrogens (primary N) is 1. The van der Waals surface area contributed by atoms with Crippen molar-refractivity contribution in [2.75, 3.05) is 0 Å². The van der Waals surface area contributed by atoms with Crippen LogP contribution in [-0.2, 0) is 6.42 Å². The topological polar surface area (TPSA) is 51.8 Å². The standard InChI is InChI=1S/C13H13Cl2N3/c1-8(16)4-12-2-3-17-13(18-12)9-5-10(14)7-11(15)6-9/h2-3,5-8H,4,16H2,1H3. The van der Waals surface area contributed by atoms with Crippen molar-refractivity contribution in [1.29, 1.82) is 0 Å². The molecule has 3 nitrogen and oxygen atoms in total. The maximum absolute atomic E-state index is 5.96. The van der Waals surface area contributed by atoms with Crippen LogP contribution < -0.4 is 5.73 Å². The van der Waals surface area contributed by atoms with Gasteiger partial charge in [0.1, 0.15) is 0 Å². The zero-order valence-corrected chi connectivity index (χ0v) is 11.4. The van der Waals surface area contributed by atoms with Crippen molar-refractivity contribution < 1.29 is 0 Å². The number of nitrogens with zero attached hydrogens (tertiary/aromatic N) is 2. The average molecular weight is 282 g/mol. The molecule has 5 heteroatoms. The molecule has 2 N–H and O–H groups in total. The first-order chi connectivity index (χ1) is 8.54. The van der Waals surface area contributed by atoms with Gasteiger partial charge in [0.05, 0.1) is 0 Å². The largest absolute Gasteiger partial charge is 0.328 e. The highest BCUT2D eigenvalue weighted by atomic mass is 35.5. The third-order valence-corrected chi connectivity index (χ3v) is 2.80. The van der Waals surface area contributed by atoms with Gasteiger partial charge >= 0.3 is 0 Å². The van der Waals surface area contributed by atoms with Crippen molar-refractivity contribution in [3.8, 4) is 11.4 Å². The van der Waals surface area contributed by atoms with E-state index < -0.39 is 0 Å². The molecular formula is C13H13Cl2N3. The van der Waals surface area contributed by atoms with Crippen molar-refractivity contribution >= 4 is 23.2 Å². The highest BCUT2D eigenvalue weighted by Gasteiger charge is 2.06. The fourth-order valence-corrected chi connectivity index (χ4v) is 2.19. The Hall–Kier alpha value is -1.16. The number of benzene rings is 1. The molecular weight excluding hydrogens is 269 g/mol.